The summed E-state index contributed by atoms with van der Waals surface area (Å²) in [6.45, 7) is 6.13. The van der Waals surface area contributed by atoms with Gasteiger partial charge in [0.15, 0.2) is 0 Å². The summed E-state index contributed by atoms with van der Waals surface area (Å²) >= 11 is 0. The highest BCUT2D eigenvalue weighted by atomic mass is 32.2. The summed E-state index contributed by atoms with van der Waals surface area (Å²) in [7, 11) is -3.57. The second-order valence-corrected chi connectivity index (χ2v) is 6.63. The molecule has 0 saturated heterocycles. The Bertz CT molecular complexity index is 553. The van der Waals surface area contributed by atoms with Crippen LogP contribution in [0.25, 0.3) is 0 Å². The van der Waals surface area contributed by atoms with E-state index in [0.29, 0.717) is 12.1 Å². The zero-order valence-electron chi connectivity index (χ0n) is 12.1. The maximum absolute atomic E-state index is 12.0. The van der Waals surface area contributed by atoms with E-state index >= 15 is 0 Å². The zero-order valence-corrected chi connectivity index (χ0v) is 13.0. The Morgan fingerprint density at radius 3 is 2.60 bits per heavy atom. The van der Waals surface area contributed by atoms with Gasteiger partial charge in [0.2, 0.25) is 10.0 Å². The Morgan fingerprint density at radius 2 is 2.00 bits per heavy atom. The number of rotatable bonds is 7. The fraction of sp³-hybridized carbons (Fsp3) is 0.500. The van der Waals surface area contributed by atoms with Crippen LogP contribution in [0.15, 0.2) is 29.2 Å². The van der Waals surface area contributed by atoms with Crippen molar-refractivity contribution in [3.63, 3.8) is 0 Å². The summed E-state index contributed by atoms with van der Waals surface area (Å²) in [4.78, 5) is 12.0. The van der Waals surface area contributed by atoms with Gasteiger partial charge in [0.25, 0.3) is 5.91 Å². The van der Waals surface area contributed by atoms with Crippen molar-refractivity contribution in [3.05, 3.63) is 29.8 Å². The van der Waals surface area contributed by atoms with E-state index in [1.165, 1.54) is 12.1 Å². The van der Waals surface area contributed by atoms with Crippen molar-refractivity contribution in [1.29, 1.82) is 0 Å². The first kappa shape index (κ1) is 16.7. The molecule has 0 saturated carbocycles. The summed E-state index contributed by atoms with van der Waals surface area (Å²) in [6.07, 6.45) is 1.89. The van der Waals surface area contributed by atoms with Gasteiger partial charge >= 0.3 is 0 Å². The molecular weight excluding hydrogens is 276 g/mol. The van der Waals surface area contributed by atoms with Crippen LogP contribution in [0.3, 0.4) is 0 Å². The molecule has 0 aliphatic carbocycles. The van der Waals surface area contributed by atoms with Crippen molar-refractivity contribution in [1.82, 2.24) is 10.0 Å². The van der Waals surface area contributed by atoms with E-state index in [2.05, 4.69) is 10.0 Å². The fourth-order valence-corrected chi connectivity index (χ4v) is 2.96. The van der Waals surface area contributed by atoms with Crippen LogP contribution >= 0.6 is 0 Å². The number of sulfonamides is 1. The highest BCUT2D eigenvalue weighted by Gasteiger charge is 2.17. The molecule has 1 aromatic rings. The molecule has 2 N–H and O–H groups in total. The quantitative estimate of drug-likeness (QED) is 0.755. The largest absolute Gasteiger partial charge is 0.352 e. The normalized spacial score (nSPS) is 11.6. The van der Waals surface area contributed by atoms with E-state index in [9.17, 15) is 13.2 Å². The molecule has 20 heavy (non-hydrogen) atoms. The Morgan fingerprint density at radius 1 is 1.30 bits per heavy atom. The minimum Gasteiger partial charge on any atom is -0.352 e. The molecule has 1 rings (SSSR count). The van der Waals surface area contributed by atoms with Crippen LogP contribution in [0.5, 0.6) is 0 Å². The third-order valence-corrected chi connectivity index (χ3v) is 4.27. The molecule has 0 fully saturated rings. The van der Waals surface area contributed by atoms with E-state index in [1.54, 1.807) is 26.0 Å². The molecule has 0 unspecified atom stereocenters. The number of hydrogen-bond acceptors (Lipinski definition) is 3. The Hall–Kier alpha value is -1.40. The van der Waals surface area contributed by atoms with Gasteiger partial charge in [0, 0.05) is 18.2 Å². The lowest BCUT2D eigenvalue weighted by atomic mass is 10.2. The molecule has 0 bridgehead atoms. The Labute approximate surface area is 120 Å². The number of carbonyl (C=O) groups is 1. The molecule has 0 aliphatic rings. The van der Waals surface area contributed by atoms with Crippen LogP contribution in [-0.2, 0) is 10.0 Å². The van der Waals surface area contributed by atoms with Crippen molar-refractivity contribution >= 4 is 15.9 Å². The van der Waals surface area contributed by atoms with Crippen LogP contribution in [0.4, 0.5) is 0 Å². The first-order chi connectivity index (χ1) is 9.36. The standard InChI is InChI=1S/C14H22N2O3S/c1-4-5-9-15-14(17)12-7-6-8-13(10-12)20(18,19)16-11(2)3/h6-8,10-11,16H,4-5,9H2,1-3H3,(H,15,17). The lowest BCUT2D eigenvalue weighted by Gasteiger charge is -2.10. The second-order valence-electron chi connectivity index (χ2n) is 4.91. The fourth-order valence-electron chi connectivity index (χ4n) is 1.66. The maximum atomic E-state index is 12.0. The highest BCUT2D eigenvalue weighted by molar-refractivity contribution is 7.89. The first-order valence-corrected chi connectivity index (χ1v) is 8.25. The van der Waals surface area contributed by atoms with E-state index in [-0.39, 0.29) is 16.8 Å². The van der Waals surface area contributed by atoms with E-state index in [1.807, 2.05) is 6.92 Å². The molecule has 0 spiro atoms. The predicted octanol–water partition coefficient (Wildman–Crippen LogP) is 1.90. The van der Waals surface area contributed by atoms with Crippen molar-refractivity contribution in [2.75, 3.05) is 6.54 Å². The van der Waals surface area contributed by atoms with Gasteiger partial charge in [-0.1, -0.05) is 19.4 Å². The van der Waals surface area contributed by atoms with E-state index < -0.39 is 10.0 Å². The Balaban J connectivity index is 2.88. The molecule has 5 nitrogen and oxygen atoms in total. The van der Waals surface area contributed by atoms with Crippen molar-refractivity contribution in [3.8, 4) is 0 Å². The first-order valence-electron chi connectivity index (χ1n) is 6.77. The molecule has 0 aromatic heterocycles. The van der Waals surface area contributed by atoms with Gasteiger partial charge in [-0.15, -0.1) is 0 Å². The van der Waals surface area contributed by atoms with Gasteiger partial charge in [-0.25, -0.2) is 13.1 Å². The van der Waals surface area contributed by atoms with E-state index in [4.69, 9.17) is 0 Å². The third kappa shape index (κ3) is 4.94. The number of benzene rings is 1. The Kier molecular flexibility index (Phi) is 6.16. The topological polar surface area (TPSA) is 75.3 Å². The molecule has 0 heterocycles. The number of hydrogen-bond donors (Lipinski definition) is 2. The van der Waals surface area contributed by atoms with Crippen molar-refractivity contribution in [2.45, 2.75) is 44.6 Å². The molecule has 112 valence electrons. The third-order valence-electron chi connectivity index (χ3n) is 2.61. The average molecular weight is 298 g/mol. The molecule has 0 aliphatic heterocycles. The van der Waals surface area contributed by atoms with Gasteiger partial charge < -0.3 is 5.32 Å². The van der Waals surface area contributed by atoms with Crippen LogP contribution in [0, 0.1) is 0 Å². The SMILES string of the molecule is CCCCNC(=O)c1cccc(S(=O)(=O)NC(C)C)c1. The number of unbranched alkanes of at least 4 members (excludes halogenated alkanes) is 1. The van der Waals surface area contributed by atoms with Gasteiger partial charge in [0.1, 0.15) is 0 Å². The smallest absolute Gasteiger partial charge is 0.251 e. The summed E-state index contributed by atoms with van der Waals surface area (Å²) in [5.74, 6) is -0.250. The van der Waals surface area contributed by atoms with Crippen LogP contribution in [0.1, 0.15) is 44.0 Å². The van der Waals surface area contributed by atoms with Gasteiger partial charge in [0.05, 0.1) is 4.90 Å². The lowest BCUT2D eigenvalue weighted by Crippen LogP contribution is -2.30. The molecule has 1 amide bonds. The lowest BCUT2D eigenvalue weighted by molar-refractivity contribution is 0.0953. The van der Waals surface area contributed by atoms with Crippen LogP contribution in [0.2, 0.25) is 0 Å². The molecule has 0 atom stereocenters. The van der Waals surface area contributed by atoms with Crippen molar-refractivity contribution < 1.29 is 13.2 Å². The molecule has 6 heteroatoms. The average Bonchev–Trinajstić information content (AvgIpc) is 2.37. The number of nitrogens with one attached hydrogen (secondary N) is 2. The summed E-state index contributed by atoms with van der Waals surface area (Å²) in [5, 5.41) is 2.77. The van der Waals surface area contributed by atoms with Gasteiger partial charge in [-0.05, 0) is 38.5 Å². The van der Waals surface area contributed by atoms with Gasteiger partial charge in [-0.3, -0.25) is 4.79 Å². The highest BCUT2D eigenvalue weighted by Crippen LogP contribution is 2.12. The minimum absolute atomic E-state index is 0.106. The van der Waals surface area contributed by atoms with Crippen molar-refractivity contribution in [2.24, 2.45) is 0 Å². The maximum Gasteiger partial charge on any atom is 0.251 e. The summed E-state index contributed by atoms with van der Waals surface area (Å²) in [5.41, 5.74) is 0.354. The number of amides is 1. The molecule has 0 radical (unpaired) electrons. The predicted molar refractivity (Wildman–Crippen MR) is 79.1 cm³/mol. The summed E-state index contributed by atoms with van der Waals surface area (Å²) in [6, 6.07) is 5.86. The number of carbonyl (C=O) groups excluding carboxylic acids is 1. The summed E-state index contributed by atoms with van der Waals surface area (Å²) < 4.78 is 26.6. The van der Waals surface area contributed by atoms with Gasteiger partial charge in [-0.2, -0.15) is 0 Å². The molecular formula is C14H22N2O3S. The van der Waals surface area contributed by atoms with E-state index in [0.717, 1.165) is 12.8 Å². The minimum atomic E-state index is -3.57. The van der Waals surface area contributed by atoms with Crippen LogP contribution in [-0.4, -0.2) is 26.9 Å². The van der Waals surface area contributed by atoms with Crippen LogP contribution < -0.4 is 10.0 Å². The monoisotopic (exact) mass is 298 g/mol. The second kappa shape index (κ2) is 7.40. The zero-order chi connectivity index (χ0) is 15.2. The molecule has 1 aromatic carbocycles.